The van der Waals surface area contributed by atoms with Crippen molar-refractivity contribution in [2.45, 2.75) is 32.7 Å². The van der Waals surface area contributed by atoms with E-state index in [4.69, 9.17) is 0 Å². The second-order valence-corrected chi connectivity index (χ2v) is 8.32. The first-order chi connectivity index (χ1) is 13.1. The molecule has 1 N–H and O–H groups in total. The lowest BCUT2D eigenvalue weighted by atomic mass is 9.89. The molecule has 1 aliphatic carbocycles. The maximum atomic E-state index is 12.7. The van der Waals surface area contributed by atoms with Crippen LogP contribution in [0.3, 0.4) is 0 Å². The Kier molecular flexibility index (Phi) is 3.72. The molecule has 1 aromatic carbocycles. The number of benzene rings is 1. The molecule has 5 rings (SSSR count). The molecule has 1 atom stereocenters. The third-order valence-electron chi connectivity index (χ3n) is 5.27. The molecule has 136 valence electrons. The van der Waals surface area contributed by atoms with E-state index in [1.54, 1.807) is 17.4 Å². The minimum absolute atomic E-state index is 0.108. The largest absolute Gasteiger partial charge is 0.308 e. The average Bonchev–Trinajstić information content (AvgIpc) is 3.02. The Morgan fingerprint density at radius 1 is 1.30 bits per heavy atom. The quantitative estimate of drug-likeness (QED) is 0.582. The second kappa shape index (κ2) is 6.13. The van der Waals surface area contributed by atoms with Crippen LogP contribution in [0.2, 0.25) is 0 Å². The van der Waals surface area contributed by atoms with Gasteiger partial charge in [-0.3, -0.25) is 14.2 Å². The predicted molar refractivity (Wildman–Crippen MR) is 107 cm³/mol. The summed E-state index contributed by atoms with van der Waals surface area (Å²) in [6.07, 6.45) is 4.57. The lowest BCUT2D eigenvalue weighted by Gasteiger charge is -2.17. The van der Waals surface area contributed by atoms with Crippen molar-refractivity contribution in [2.24, 2.45) is 5.92 Å². The van der Waals surface area contributed by atoms with Crippen molar-refractivity contribution in [3.05, 3.63) is 67.6 Å². The lowest BCUT2D eigenvalue weighted by Crippen LogP contribution is -2.23. The standard InChI is InChI=1S/C20H18N4O2S/c1-11-6-7-13-15(8-11)27-19-17(13)18(25)22-16(23-19)9-24-10-21-14-5-3-2-4-12(14)20(24)26/h2-5,10-11H,6-9H2,1H3,(H,22,23,25). The van der Waals surface area contributed by atoms with Crippen molar-refractivity contribution in [1.29, 1.82) is 0 Å². The fourth-order valence-electron chi connectivity index (χ4n) is 3.85. The number of thiophene rings is 1. The highest BCUT2D eigenvalue weighted by molar-refractivity contribution is 7.18. The number of aromatic amines is 1. The number of rotatable bonds is 2. The van der Waals surface area contributed by atoms with Gasteiger partial charge in [0.05, 0.1) is 29.2 Å². The van der Waals surface area contributed by atoms with E-state index in [0.29, 0.717) is 22.6 Å². The van der Waals surface area contributed by atoms with Crippen molar-refractivity contribution >= 4 is 32.5 Å². The molecule has 0 spiro atoms. The summed E-state index contributed by atoms with van der Waals surface area (Å²) >= 11 is 1.61. The molecule has 0 amide bonds. The van der Waals surface area contributed by atoms with Crippen molar-refractivity contribution in [2.75, 3.05) is 0 Å². The molecular weight excluding hydrogens is 360 g/mol. The Bertz CT molecular complexity index is 1300. The van der Waals surface area contributed by atoms with Gasteiger partial charge in [0.1, 0.15) is 10.7 Å². The number of hydrogen-bond acceptors (Lipinski definition) is 5. The van der Waals surface area contributed by atoms with E-state index in [9.17, 15) is 9.59 Å². The van der Waals surface area contributed by atoms with E-state index in [2.05, 4.69) is 21.9 Å². The van der Waals surface area contributed by atoms with Crippen LogP contribution in [0.5, 0.6) is 0 Å². The van der Waals surface area contributed by atoms with Gasteiger partial charge in [0.25, 0.3) is 11.1 Å². The third-order valence-corrected chi connectivity index (χ3v) is 6.41. The average molecular weight is 378 g/mol. The molecule has 3 aromatic heterocycles. The molecule has 0 fully saturated rings. The summed E-state index contributed by atoms with van der Waals surface area (Å²) in [6.45, 7) is 2.44. The highest BCUT2D eigenvalue weighted by Crippen LogP contribution is 2.35. The van der Waals surface area contributed by atoms with E-state index in [-0.39, 0.29) is 17.7 Å². The number of H-pyrrole nitrogens is 1. The van der Waals surface area contributed by atoms with Crippen LogP contribution >= 0.6 is 11.3 Å². The summed E-state index contributed by atoms with van der Waals surface area (Å²) in [5.41, 5.74) is 1.58. The molecule has 3 heterocycles. The highest BCUT2D eigenvalue weighted by Gasteiger charge is 2.23. The number of nitrogens with zero attached hydrogens (tertiary/aromatic N) is 3. The van der Waals surface area contributed by atoms with Crippen LogP contribution in [0.1, 0.15) is 29.6 Å². The molecule has 6 nitrogen and oxygen atoms in total. The lowest BCUT2D eigenvalue weighted by molar-refractivity contribution is 0.509. The van der Waals surface area contributed by atoms with Crippen LogP contribution in [0.4, 0.5) is 0 Å². The minimum Gasteiger partial charge on any atom is -0.308 e. The van der Waals surface area contributed by atoms with Crippen molar-refractivity contribution in [3.63, 3.8) is 0 Å². The Morgan fingerprint density at radius 3 is 3.04 bits per heavy atom. The SMILES string of the molecule is CC1CCc2c(sc3nc(Cn4cnc5ccccc5c4=O)[nH]c(=O)c23)C1. The van der Waals surface area contributed by atoms with Crippen molar-refractivity contribution in [1.82, 2.24) is 19.5 Å². The van der Waals surface area contributed by atoms with Gasteiger partial charge in [-0.25, -0.2) is 9.97 Å². The van der Waals surface area contributed by atoms with Gasteiger partial charge in [0, 0.05) is 4.88 Å². The van der Waals surface area contributed by atoms with Gasteiger partial charge < -0.3 is 4.98 Å². The minimum atomic E-state index is -0.136. The molecule has 0 radical (unpaired) electrons. The topological polar surface area (TPSA) is 80.6 Å². The van der Waals surface area contributed by atoms with Crippen LogP contribution < -0.4 is 11.1 Å². The highest BCUT2D eigenvalue weighted by atomic mass is 32.1. The van der Waals surface area contributed by atoms with Crippen molar-refractivity contribution < 1.29 is 0 Å². The van der Waals surface area contributed by atoms with E-state index in [0.717, 1.165) is 35.0 Å². The Balaban J connectivity index is 1.59. The fraction of sp³-hybridized carbons (Fsp3) is 0.300. The number of aryl methyl sites for hydroxylation is 1. The number of hydrogen-bond donors (Lipinski definition) is 1. The number of fused-ring (bicyclic) bond motifs is 4. The second-order valence-electron chi connectivity index (χ2n) is 7.24. The van der Waals surface area contributed by atoms with Gasteiger partial charge in [-0.1, -0.05) is 19.1 Å². The van der Waals surface area contributed by atoms with Crippen molar-refractivity contribution in [3.8, 4) is 0 Å². The van der Waals surface area contributed by atoms with Gasteiger partial charge in [-0.15, -0.1) is 11.3 Å². The first-order valence-corrected chi connectivity index (χ1v) is 9.89. The van der Waals surface area contributed by atoms with Crippen LogP contribution in [0.25, 0.3) is 21.1 Å². The Labute approximate surface area is 158 Å². The van der Waals surface area contributed by atoms with Crippen LogP contribution in [0.15, 0.2) is 40.2 Å². The van der Waals surface area contributed by atoms with Gasteiger partial charge >= 0.3 is 0 Å². The number of para-hydroxylation sites is 1. The molecule has 1 aliphatic rings. The van der Waals surface area contributed by atoms with E-state index < -0.39 is 0 Å². The summed E-state index contributed by atoms with van der Waals surface area (Å²) in [6, 6.07) is 7.24. The number of aromatic nitrogens is 4. The van der Waals surface area contributed by atoms with E-state index in [1.807, 2.05) is 18.2 Å². The fourth-order valence-corrected chi connectivity index (χ4v) is 5.25. The summed E-state index contributed by atoms with van der Waals surface area (Å²) < 4.78 is 1.49. The smallest absolute Gasteiger partial charge is 0.261 e. The molecule has 0 bridgehead atoms. The summed E-state index contributed by atoms with van der Waals surface area (Å²) in [5, 5.41) is 1.29. The molecule has 4 aromatic rings. The molecule has 1 unspecified atom stereocenters. The monoisotopic (exact) mass is 378 g/mol. The van der Waals surface area contributed by atoms with Gasteiger partial charge in [-0.2, -0.15) is 0 Å². The normalized spacial score (nSPS) is 16.7. The summed E-state index contributed by atoms with van der Waals surface area (Å²) in [5.74, 6) is 1.13. The third kappa shape index (κ3) is 2.70. The molecule has 0 aliphatic heterocycles. The van der Waals surface area contributed by atoms with Gasteiger partial charge in [-0.05, 0) is 42.9 Å². The first-order valence-electron chi connectivity index (χ1n) is 9.08. The molecule has 27 heavy (non-hydrogen) atoms. The summed E-state index contributed by atoms with van der Waals surface area (Å²) in [4.78, 5) is 39.3. The zero-order valence-corrected chi connectivity index (χ0v) is 15.7. The van der Waals surface area contributed by atoms with Crippen LogP contribution in [0, 0.1) is 5.92 Å². The van der Waals surface area contributed by atoms with E-state index in [1.165, 1.54) is 15.8 Å². The zero-order chi connectivity index (χ0) is 18.5. The molecule has 0 saturated carbocycles. The first kappa shape index (κ1) is 16.4. The van der Waals surface area contributed by atoms with Gasteiger partial charge in [0.2, 0.25) is 0 Å². The van der Waals surface area contributed by atoms with Gasteiger partial charge in [0.15, 0.2) is 0 Å². The predicted octanol–water partition coefficient (Wildman–Crippen LogP) is 2.87. The van der Waals surface area contributed by atoms with Crippen LogP contribution in [-0.4, -0.2) is 19.5 Å². The number of nitrogens with one attached hydrogen (secondary N) is 1. The molecule has 0 saturated heterocycles. The molecular formula is C20H18N4O2S. The molecule has 7 heteroatoms. The Morgan fingerprint density at radius 2 is 2.15 bits per heavy atom. The van der Waals surface area contributed by atoms with Crippen LogP contribution in [-0.2, 0) is 19.4 Å². The maximum absolute atomic E-state index is 12.7. The maximum Gasteiger partial charge on any atom is 0.261 e. The Hall–Kier alpha value is -2.80. The summed E-state index contributed by atoms with van der Waals surface area (Å²) in [7, 11) is 0. The zero-order valence-electron chi connectivity index (χ0n) is 14.9. The van der Waals surface area contributed by atoms with E-state index >= 15 is 0 Å².